The van der Waals surface area contributed by atoms with Crippen LogP contribution in [0.5, 0.6) is 11.6 Å². The van der Waals surface area contributed by atoms with Crippen LogP contribution in [0.3, 0.4) is 0 Å². The number of hydrogen-bond acceptors (Lipinski definition) is 4. The zero-order chi connectivity index (χ0) is 18.4. The summed E-state index contributed by atoms with van der Waals surface area (Å²) < 4.78 is 10.7. The molecule has 0 aliphatic heterocycles. The third-order valence-electron chi connectivity index (χ3n) is 3.62. The quantitative estimate of drug-likeness (QED) is 0.450. The minimum absolute atomic E-state index is 0.212. The smallest absolute Gasteiger partial charge is 0.232 e. The molecule has 2 aromatic rings. The maximum atomic E-state index is 12.6. The molecule has 0 unspecified atom stereocenters. The van der Waals surface area contributed by atoms with Crippen LogP contribution < -0.4 is 9.47 Å². The number of halogens is 2. The summed E-state index contributed by atoms with van der Waals surface area (Å²) in [5.41, 5.74) is 0.666. The molecule has 6 heteroatoms. The average molecular weight is 382 g/mol. The first-order valence-corrected chi connectivity index (χ1v) is 8.85. The lowest BCUT2D eigenvalue weighted by Crippen LogP contribution is -2.06. The highest BCUT2D eigenvalue weighted by Crippen LogP contribution is 2.28. The van der Waals surface area contributed by atoms with E-state index in [-0.39, 0.29) is 17.4 Å². The Labute approximate surface area is 158 Å². The van der Waals surface area contributed by atoms with E-state index >= 15 is 0 Å². The summed E-state index contributed by atoms with van der Waals surface area (Å²) >= 11 is 12.2. The van der Waals surface area contributed by atoms with Gasteiger partial charge < -0.3 is 9.47 Å². The highest BCUT2D eigenvalue weighted by atomic mass is 35.5. The van der Waals surface area contributed by atoms with Gasteiger partial charge in [0, 0.05) is 5.56 Å². The zero-order valence-corrected chi connectivity index (χ0v) is 16.0. The van der Waals surface area contributed by atoms with E-state index in [0.717, 1.165) is 12.8 Å². The third kappa shape index (κ3) is 5.35. The van der Waals surface area contributed by atoms with Gasteiger partial charge in [-0.2, -0.15) is 0 Å². The molecule has 1 aromatic heterocycles. The Bertz CT molecular complexity index is 747. The number of nitrogens with zero attached hydrogens (tertiary/aromatic N) is 1. The summed E-state index contributed by atoms with van der Waals surface area (Å²) in [4.78, 5) is 16.7. The number of ether oxygens (including phenoxy) is 2. The van der Waals surface area contributed by atoms with Gasteiger partial charge in [0.1, 0.15) is 16.5 Å². The summed E-state index contributed by atoms with van der Waals surface area (Å²) in [5.74, 6) is 1.17. The van der Waals surface area contributed by atoms with Crippen molar-refractivity contribution in [1.29, 1.82) is 0 Å². The van der Waals surface area contributed by atoms with E-state index in [1.54, 1.807) is 30.3 Å². The molecule has 0 aliphatic rings. The van der Waals surface area contributed by atoms with Crippen LogP contribution in [0.2, 0.25) is 10.0 Å². The minimum Gasteiger partial charge on any atom is -0.492 e. The maximum Gasteiger partial charge on any atom is 0.232 e. The van der Waals surface area contributed by atoms with Gasteiger partial charge in [0.15, 0.2) is 0 Å². The molecule has 0 saturated heterocycles. The van der Waals surface area contributed by atoms with E-state index in [1.807, 2.05) is 0 Å². The van der Waals surface area contributed by atoms with Crippen LogP contribution in [0.1, 0.15) is 42.7 Å². The van der Waals surface area contributed by atoms with E-state index in [0.29, 0.717) is 33.9 Å². The van der Waals surface area contributed by atoms with E-state index in [1.165, 1.54) is 7.11 Å². The fourth-order valence-electron chi connectivity index (χ4n) is 2.27. The molecule has 1 heterocycles. The Morgan fingerprint density at radius 3 is 2.56 bits per heavy atom. The highest BCUT2D eigenvalue weighted by molar-refractivity contribution is 6.33. The molecular weight excluding hydrogens is 361 g/mol. The van der Waals surface area contributed by atoms with Gasteiger partial charge >= 0.3 is 0 Å². The van der Waals surface area contributed by atoms with Crippen LogP contribution in [0.25, 0.3) is 0 Å². The van der Waals surface area contributed by atoms with Gasteiger partial charge in [-0.3, -0.25) is 4.79 Å². The van der Waals surface area contributed by atoms with E-state index in [4.69, 9.17) is 32.7 Å². The molecule has 0 radical (unpaired) electrons. The molecule has 0 spiro atoms. The van der Waals surface area contributed by atoms with Crippen molar-refractivity contribution in [2.75, 3.05) is 13.7 Å². The number of benzene rings is 1. The van der Waals surface area contributed by atoms with Gasteiger partial charge in [-0.25, -0.2) is 4.98 Å². The van der Waals surface area contributed by atoms with Gasteiger partial charge in [-0.15, -0.1) is 0 Å². The SMILES string of the molecule is COc1nc(C(=O)c2ccc(OCCCC(C)C)c(Cl)c2)ccc1Cl. The van der Waals surface area contributed by atoms with Gasteiger partial charge in [-0.1, -0.05) is 37.0 Å². The topological polar surface area (TPSA) is 48.4 Å². The minimum atomic E-state index is -0.261. The molecular formula is C19H21Cl2NO3. The standard InChI is InChI=1S/C19H21Cl2NO3/c1-12(2)5-4-10-25-17-9-6-13(11-15(17)21)18(23)16-8-7-14(20)19(22-16)24-3/h6-9,11-12H,4-5,10H2,1-3H3. The van der Waals surface area contributed by atoms with E-state index < -0.39 is 0 Å². The number of methoxy groups -OCH3 is 1. The molecule has 0 fully saturated rings. The fraction of sp³-hybridized carbons (Fsp3) is 0.368. The Morgan fingerprint density at radius 2 is 1.92 bits per heavy atom. The second kappa shape index (κ2) is 9.07. The van der Waals surface area contributed by atoms with Crippen molar-refractivity contribution in [3.63, 3.8) is 0 Å². The number of carbonyl (C=O) groups is 1. The second-order valence-corrected chi connectivity index (χ2v) is 6.86. The monoisotopic (exact) mass is 381 g/mol. The Balaban J connectivity index is 2.10. The van der Waals surface area contributed by atoms with Gasteiger partial charge in [0.2, 0.25) is 11.7 Å². The third-order valence-corrected chi connectivity index (χ3v) is 4.20. The molecule has 25 heavy (non-hydrogen) atoms. The largest absolute Gasteiger partial charge is 0.492 e. The molecule has 0 aliphatic carbocycles. The van der Waals surface area contributed by atoms with Crippen molar-refractivity contribution in [2.45, 2.75) is 26.7 Å². The lowest BCUT2D eigenvalue weighted by molar-refractivity contribution is 0.103. The summed E-state index contributed by atoms with van der Waals surface area (Å²) in [6.07, 6.45) is 2.06. The Hall–Kier alpha value is -1.78. The lowest BCUT2D eigenvalue weighted by atomic mass is 10.1. The highest BCUT2D eigenvalue weighted by Gasteiger charge is 2.15. The molecule has 4 nitrogen and oxygen atoms in total. The van der Waals surface area contributed by atoms with Crippen molar-refractivity contribution in [3.05, 3.63) is 51.6 Å². The number of carbonyl (C=O) groups excluding carboxylic acids is 1. The van der Waals surface area contributed by atoms with Crippen LogP contribution >= 0.6 is 23.2 Å². The van der Waals surface area contributed by atoms with Crippen molar-refractivity contribution in [1.82, 2.24) is 4.98 Å². The van der Waals surface area contributed by atoms with E-state index in [9.17, 15) is 4.79 Å². The molecule has 2 rings (SSSR count). The fourth-order valence-corrected chi connectivity index (χ4v) is 2.69. The molecule has 134 valence electrons. The molecule has 0 bridgehead atoms. The molecule has 1 aromatic carbocycles. The van der Waals surface area contributed by atoms with Crippen LogP contribution in [-0.4, -0.2) is 24.5 Å². The number of aromatic nitrogens is 1. The first-order chi connectivity index (χ1) is 11.9. The van der Waals surface area contributed by atoms with Crippen LogP contribution in [0.15, 0.2) is 30.3 Å². The first kappa shape index (κ1) is 19.5. The molecule has 0 atom stereocenters. The summed E-state index contributed by atoms with van der Waals surface area (Å²) in [7, 11) is 1.45. The summed E-state index contributed by atoms with van der Waals surface area (Å²) in [6, 6.07) is 8.10. The summed E-state index contributed by atoms with van der Waals surface area (Å²) in [5, 5.41) is 0.749. The van der Waals surface area contributed by atoms with E-state index in [2.05, 4.69) is 18.8 Å². The maximum absolute atomic E-state index is 12.6. The molecule has 0 N–H and O–H groups in total. The zero-order valence-electron chi connectivity index (χ0n) is 14.5. The van der Waals surface area contributed by atoms with Crippen LogP contribution in [0, 0.1) is 5.92 Å². The van der Waals surface area contributed by atoms with Crippen LogP contribution in [-0.2, 0) is 0 Å². The lowest BCUT2D eigenvalue weighted by Gasteiger charge is -2.10. The normalized spacial score (nSPS) is 10.8. The number of ketones is 1. The predicted molar refractivity (Wildman–Crippen MR) is 100 cm³/mol. The Morgan fingerprint density at radius 1 is 1.16 bits per heavy atom. The molecule has 0 amide bonds. The number of hydrogen-bond donors (Lipinski definition) is 0. The van der Waals surface area contributed by atoms with Crippen molar-refractivity contribution in [2.24, 2.45) is 5.92 Å². The molecule has 0 saturated carbocycles. The number of rotatable bonds is 8. The Kier molecular flexibility index (Phi) is 7.09. The van der Waals surface area contributed by atoms with Gasteiger partial charge in [-0.05, 0) is 49.1 Å². The van der Waals surface area contributed by atoms with Gasteiger partial charge in [0.25, 0.3) is 0 Å². The van der Waals surface area contributed by atoms with Crippen molar-refractivity contribution < 1.29 is 14.3 Å². The van der Waals surface area contributed by atoms with Gasteiger partial charge in [0.05, 0.1) is 18.7 Å². The average Bonchev–Trinajstić information content (AvgIpc) is 2.59. The predicted octanol–water partition coefficient (Wildman–Crippen LogP) is 5.44. The van der Waals surface area contributed by atoms with Crippen molar-refractivity contribution >= 4 is 29.0 Å². The summed E-state index contributed by atoms with van der Waals surface area (Å²) in [6.45, 7) is 4.95. The number of pyridine rings is 1. The van der Waals surface area contributed by atoms with Crippen molar-refractivity contribution in [3.8, 4) is 11.6 Å². The van der Waals surface area contributed by atoms with Crippen LogP contribution in [0.4, 0.5) is 0 Å². The second-order valence-electron chi connectivity index (χ2n) is 6.05. The first-order valence-electron chi connectivity index (χ1n) is 8.10.